The van der Waals surface area contributed by atoms with Gasteiger partial charge in [0.1, 0.15) is 5.75 Å². The van der Waals surface area contributed by atoms with E-state index in [4.69, 9.17) is 0 Å². The Labute approximate surface area is 173 Å². The molecule has 0 amide bonds. The summed E-state index contributed by atoms with van der Waals surface area (Å²) in [4.78, 5) is 12.6. The van der Waals surface area contributed by atoms with Crippen LogP contribution >= 0.6 is 0 Å². The molecule has 0 aliphatic heterocycles. The number of para-hydroxylation sites is 2. The van der Waals surface area contributed by atoms with Gasteiger partial charge in [0.25, 0.3) is 0 Å². The Hall–Kier alpha value is -2.57. The molecular weight excluding hydrogens is 362 g/mol. The number of fused-ring (bicyclic) bond motifs is 1. The number of phenolic OH excluding ortho intramolecular Hbond substituents is 1. The number of H-pyrrole nitrogens is 1. The second kappa shape index (κ2) is 9.76. The lowest BCUT2D eigenvalue weighted by Gasteiger charge is -2.23. The van der Waals surface area contributed by atoms with Crippen molar-refractivity contribution in [3.8, 4) is 5.75 Å². The lowest BCUT2D eigenvalue weighted by molar-refractivity contribution is 0.281. The average molecular weight is 396 g/mol. The Morgan fingerprint density at radius 2 is 1.45 bits per heavy atom. The Kier molecular flexibility index (Phi) is 7.12. The van der Waals surface area contributed by atoms with Gasteiger partial charge in [0, 0.05) is 29.9 Å². The number of imidazole rings is 1. The Morgan fingerprint density at radius 3 is 1.97 bits per heavy atom. The first-order valence-electron chi connectivity index (χ1n) is 10.6. The molecule has 1 aromatic heterocycles. The molecule has 0 fully saturated rings. The van der Waals surface area contributed by atoms with Crippen molar-refractivity contribution in [3.05, 3.63) is 47.5 Å². The lowest BCUT2D eigenvalue weighted by Crippen LogP contribution is -2.24. The summed E-state index contributed by atoms with van der Waals surface area (Å²) in [5.41, 5.74) is 4.75. The minimum Gasteiger partial charge on any atom is -0.507 e. The van der Waals surface area contributed by atoms with Gasteiger partial charge in [-0.25, -0.2) is 4.98 Å². The summed E-state index contributed by atoms with van der Waals surface area (Å²) in [6, 6.07) is 12.1. The Bertz CT molecular complexity index is 860. The lowest BCUT2D eigenvalue weighted by atomic mass is 10.1. The van der Waals surface area contributed by atoms with Crippen LogP contribution in [-0.2, 0) is 13.1 Å². The first kappa shape index (κ1) is 21.1. The van der Waals surface area contributed by atoms with Crippen LogP contribution in [0.5, 0.6) is 5.75 Å². The minimum atomic E-state index is 0.402. The van der Waals surface area contributed by atoms with Crippen molar-refractivity contribution in [3.63, 3.8) is 0 Å². The van der Waals surface area contributed by atoms with Gasteiger partial charge in [-0.15, -0.1) is 0 Å². The van der Waals surface area contributed by atoms with E-state index in [0.717, 1.165) is 67.1 Å². The van der Waals surface area contributed by atoms with E-state index >= 15 is 0 Å². The van der Waals surface area contributed by atoms with E-state index in [1.807, 2.05) is 36.4 Å². The minimum absolute atomic E-state index is 0.402. The van der Waals surface area contributed by atoms with E-state index in [1.165, 1.54) is 0 Å². The fourth-order valence-corrected chi connectivity index (χ4v) is 3.60. The summed E-state index contributed by atoms with van der Waals surface area (Å²) >= 11 is 0. The van der Waals surface area contributed by atoms with Gasteiger partial charge in [0.2, 0.25) is 5.95 Å². The van der Waals surface area contributed by atoms with Crippen molar-refractivity contribution in [1.29, 1.82) is 0 Å². The second-order valence-corrected chi connectivity index (χ2v) is 7.29. The average Bonchev–Trinajstić information content (AvgIpc) is 3.15. The molecular formula is C23H33N5O. The van der Waals surface area contributed by atoms with Gasteiger partial charge in [-0.2, -0.15) is 0 Å². The third-order valence-electron chi connectivity index (χ3n) is 5.50. The standard InChI is InChI=1S/C23H33N5O/c1-5-27(6-2)15-17-13-19(14-18(22(17)29)16-28(7-3)8-4)24-23-25-20-11-9-10-12-21(20)26-23/h9-14,29H,5-8,15-16H2,1-4H3,(H2,24,25,26). The van der Waals surface area contributed by atoms with E-state index < -0.39 is 0 Å². The van der Waals surface area contributed by atoms with E-state index in [0.29, 0.717) is 11.7 Å². The SMILES string of the molecule is CCN(CC)Cc1cc(Nc2nc3ccccc3[nH]2)cc(CN(CC)CC)c1O. The van der Waals surface area contributed by atoms with Crippen molar-refractivity contribution in [2.45, 2.75) is 40.8 Å². The summed E-state index contributed by atoms with van der Waals surface area (Å²) in [6.45, 7) is 13.8. The summed E-state index contributed by atoms with van der Waals surface area (Å²) in [5, 5.41) is 14.4. The van der Waals surface area contributed by atoms with Crippen LogP contribution in [0.4, 0.5) is 11.6 Å². The number of benzene rings is 2. The molecule has 0 aliphatic rings. The number of anilines is 2. The topological polar surface area (TPSA) is 67.4 Å². The van der Waals surface area contributed by atoms with Gasteiger partial charge in [-0.05, 0) is 50.4 Å². The number of phenols is 1. The maximum Gasteiger partial charge on any atom is 0.205 e. The van der Waals surface area contributed by atoms with E-state index in [9.17, 15) is 5.11 Å². The predicted molar refractivity (Wildman–Crippen MR) is 121 cm³/mol. The molecule has 29 heavy (non-hydrogen) atoms. The Balaban J connectivity index is 1.95. The zero-order chi connectivity index (χ0) is 20.8. The third-order valence-corrected chi connectivity index (χ3v) is 5.50. The first-order valence-corrected chi connectivity index (χ1v) is 10.6. The maximum atomic E-state index is 11.0. The zero-order valence-corrected chi connectivity index (χ0v) is 18.0. The van der Waals surface area contributed by atoms with E-state index in [1.54, 1.807) is 0 Å². The van der Waals surface area contributed by atoms with Crippen LogP contribution in [0.15, 0.2) is 36.4 Å². The number of aromatic hydroxyl groups is 1. The molecule has 156 valence electrons. The van der Waals surface area contributed by atoms with Gasteiger partial charge in [0.05, 0.1) is 11.0 Å². The molecule has 0 unspecified atom stereocenters. The van der Waals surface area contributed by atoms with Crippen molar-refractivity contribution in [2.75, 3.05) is 31.5 Å². The number of hydrogen-bond donors (Lipinski definition) is 3. The van der Waals surface area contributed by atoms with Crippen LogP contribution in [0.1, 0.15) is 38.8 Å². The molecule has 0 aliphatic carbocycles. The maximum absolute atomic E-state index is 11.0. The molecule has 3 rings (SSSR count). The molecule has 6 heteroatoms. The number of aromatic amines is 1. The van der Waals surface area contributed by atoms with E-state index in [-0.39, 0.29) is 0 Å². The molecule has 0 saturated carbocycles. The predicted octanol–water partition coefficient (Wildman–Crippen LogP) is 4.70. The largest absolute Gasteiger partial charge is 0.507 e. The monoisotopic (exact) mass is 395 g/mol. The molecule has 0 atom stereocenters. The molecule has 0 bridgehead atoms. The molecule has 3 aromatic rings. The highest BCUT2D eigenvalue weighted by atomic mass is 16.3. The van der Waals surface area contributed by atoms with Gasteiger partial charge in [0.15, 0.2) is 0 Å². The van der Waals surface area contributed by atoms with Crippen LogP contribution in [0.2, 0.25) is 0 Å². The summed E-state index contributed by atoms with van der Waals surface area (Å²) in [5.74, 6) is 1.11. The van der Waals surface area contributed by atoms with Gasteiger partial charge < -0.3 is 15.4 Å². The number of rotatable bonds is 10. The van der Waals surface area contributed by atoms with E-state index in [2.05, 4.69) is 52.8 Å². The van der Waals surface area contributed by atoms with Crippen molar-refractivity contribution < 1.29 is 5.11 Å². The third kappa shape index (κ3) is 5.08. The number of hydrogen-bond acceptors (Lipinski definition) is 5. The normalized spacial score (nSPS) is 11.7. The molecule has 0 spiro atoms. The first-order chi connectivity index (χ1) is 14.1. The summed E-state index contributed by atoms with van der Waals surface area (Å²) in [7, 11) is 0. The fourth-order valence-electron chi connectivity index (χ4n) is 3.60. The fraction of sp³-hybridized carbons (Fsp3) is 0.435. The van der Waals surface area contributed by atoms with Crippen LogP contribution in [0.25, 0.3) is 11.0 Å². The van der Waals surface area contributed by atoms with Gasteiger partial charge in [-0.3, -0.25) is 9.80 Å². The molecule has 2 aromatic carbocycles. The summed E-state index contributed by atoms with van der Waals surface area (Å²) < 4.78 is 0. The number of nitrogens with zero attached hydrogens (tertiary/aromatic N) is 3. The quantitative estimate of drug-likeness (QED) is 0.434. The molecule has 0 saturated heterocycles. The van der Waals surface area contributed by atoms with Crippen molar-refractivity contribution in [2.24, 2.45) is 0 Å². The molecule has 1 heterocycles. The van der Waals surface area contributed by atoms with Crippen LogP contribution < -0.4 is 5.32 Å². The highest BCUT2D eigenvalue weighted by Gasteiger charge is 2.15. The van der Waals surface area contributed by atoms with Crippen LogP contribution in [0, 0.1) is 0 Å². The van der Waals surface area contributed by atoms with Gasteiger partial charge in [-0.1, -0.05) is 39.8 Å². The van der Waals surface area contributed by atoms with Crippen molar-refractivity contribution in [1.82, 2.24) is 19.8 Å². The smallest absolute Gasteiger partial charge is 0.205 e. The molecule has 0 radical (unpaired) electrons. The highest BCUT2D eigenvalue weighted by Crippen LogP contribution is 2.31. The molecule has 6 nitrogen and oxygen atoms in total. The number of nitrogens with one attached hydrogen (secondary N) is 2. The number of aromatic nitrogens is 2. The van der Waals surface area contributed by atoms with Crippen molar-refractivity contribution >= 4 is 22.7 Å². The van der Waals surface area contributed by atoms with Crippen LogP contribution in [0.3, 0.4) is 0 Å². The molecule has 3 N–H and O–H groups in total. The summed E-state index contributed by atoms with van der Waals surface area (Å²) in [6.07, 6.45) is 0. The zero-order valence-electron chi connectivity index (χ0n) is 18.0. The second-order valence-electron chi connectivity index (χ2n) is 7.29. The van der Waals surface area contributed by atoms with Gasteiger partial charge >= 0.3 is 0 Å². The Morgan fingerprint density at radius 1 is 0.897 bits per heavy atom. The highest BCUT2D eigenvalue weighted by molar-refractivity contribution is 5.78. The van der Waals surface area contributed by atoms with Crippen LogP contribution in [-0.4, -0.2) is 51.1 Å².